The lowest BCUT2D eigenvalue weighted by molar-refractivity contribution is -0.122. The van der Waals surface area contributed by atoms with E-state index < -0.39 is 0 Å². The average Bonchev–Trinajstić information content (AvgIpc) is 2.48. The number of carbonyl (C=O) groups excluding carboxylic acids is 1. The first-order valence-corrected chi connectivity index (χ1v) is 8.65. The quantitative estimate of drug-likeness (QED) is 0.796. The Morgan fingerprint density at radius 2 is 1.85 bits per heavy atom. The van der Waals surface area contributed by atoms with Crippen LogP contribution in [0.3, 0.4) is 0 Å². The van der Waals surface area contributed by atoms with E-state index in [0.29, 0.717) is 18.1 Å². The van der Waals surface area contributed by atoms with Crippen molar-refractivity contribution >= 4 is 23.6 Å². The second-order valence-electron chi connectivity index (χ2n) is 5.96. The number of carbonyl (C=O) groups is 1. The zero-order valence-corrected chi connectivity index (χ0v) is 12.6. The highest BCUT2D eigenvalue weighted by Crippen LogP contribution is 2.44. The van der Waals surface area contributed by atoms with Crippen molar-refractivity contribution < 1.29 is 4.79 Å². The molecule has 0 amide bonds. The highest BCUT2D eigenvalue weighted by molar-refractivity contribution is 8.00. The van der Waals surface area contributed by atoms with Crippen molar-refractivity contribution in [1.29, 1.82) is 0 Å². The van der Waals surface area contributed by atoms with Gasteiger partial charge >= 0.3 is 0 Å². The first-order chi connectivity index (χ1) is 9.81. The first-order valence-electron chi connectivity index (χ1n) is 7.71. The summed E-state index contributed by atoms with van der Waals surface area (Å²) in [6.45, 7) is 0. The molecule has 3 rings (SSSR count). The van der Waals surface area contributed by atoms with Crippen LogP contribution in [-0.4, -0.2) is 16.3 Å². The molecule has 1 nitrogen and oxygen atoms in total. The van der Waals surface area contributed by atoms with Gasteiger partial charge in [-0.25, -0.2) is 0 Å². The Morgan fingerprint density at radius 1 is 1.15 bits per heavy atom. The van der Waals surface area contributed by atoms with Gasteiger partial charge in [-0.15, -0.1) is 0 Å². The van der Waals surface area contributed by atoms with Crippen LogP contribution in [0.4, 0.5) is 0 Å². The maximum atomic E-state index is 12.4. The molecule has 0 spiro atoms. The average molecular weight is 286 g/mol. The zero-order valence-electron chi connectivity index (χ0n) is 11.8. The van der Waals surface area contributed by atoms with Gasteiger partial charge in [0.25, 0.3) is 0 Å². The van der Waals surface area contributed by atoms with Gasteiger partial charge in [0.2, 0.25) is 0 Å². The number of rotatable bonds is 4. The number of hydrogen-bond acceptors (Lipinski definition) is 2. The normalized spacial score (nSPS) is 29.5. The molecule has 0 saturated carbocycles. The Hall–Kier alpha value is -1.02. The fourth-order valence-electron chi connectivity index (χ4n) is 3.36. The van der Waals surface area contributed by atoms with Crippen LogP contribution >= 0.6 is 11.8 Å². The Morgan fingerprint density at radius 3 is 2.55 bits per heavy atom. The number of benzene rings is 1. The largest absolute Gasteiger partial charge is 0.299 e. The molecular weight excluding hydrogens is 264 g/mol. The Labute approximate surface area is 125 Å². The van der Waals surface area contributed by atoms with Crippen molar-refractivity contribution in [2.24, 2.45) is 5.92 Å². The first kappa shape index (κ1) is 13.9. The summed E-state index contributed by atoms with van der Waals surface area (Å²) in [7, 11) is 0. The molecule has 2 fully saturated rings. The number of fused-ring (bicyclic) bond motifs is 2. The van der Waals surface area contributed by atoms with Crippen molar-refractivity contribution in [1.82, 2.24) is 0 Å². The maximum Gasteiger partial charge on any atom is 0.139 e. The summed E-state index contributed by atoms with van der Waals surface area (Å²) in [6, 6.07) is 10.2. The third kappa shape index (κ3) is 3.54. The van der Waals surface area contributed by atoms with Gasteiger partial charge in [0.1, 0.15) is 5.78 Å². The molecule has 0 radical (unpaired) electrons. The summed E-state index contributed by atoms with van der Waals surface area (Å²) >= 11 is 2.14. The summed E-state index contributed by atoms with van der Waals surface area (Å²) in [5, 5.41) is 1.52. The number of hydrogen-bond donors (Lipinski definition) is 0. The Bertz CT molecular complexity index is 467. The minimum atomic E-state index is 0.326. The van der Waals surface area contributed by atoms with Crippen LogP contribution in [-0.2, 0) is 4.79 Å². The molecule has 0 N–H and O–H groups in total. The van der Waals surface area contributed by atoms with Gasteiger partial charge in [-0.3, -0.25) is 4.79 Å². The standard InChI is InChI=1S/C18H22OS/c19-18(11-4-8-14-6-2-1-3-7-14)15-12-16-9-5-10-17(13-15)20-16/h1-4,6-8,15-17H,5,9-13H2/b8-4+. The number of allylic oxidation sites excluding steroid dienone is 1. The highest BCUT2D eigenvalue weighted by atomic mass is 32.2. The lowest BCUT2D eigenvalue weighted by Crippen LogP contribution is -2.32. The summed E-state index contributed by atoms with van der Waals surface area (Å²) in [6.07, 6.45) is 11.0. The van der Waals surface area contributed by atoms with Crippen LogP contribution in [0.2, 0.25) is 0 Å². The van der Waals surface area contributed by atoms with Gasteiger partial charge in [-0.05, 0) is 31.2 Å². The van der Waals surface area contributed by atoms with E-state index in [2.05, 4.69) is 30.0 Å². The number of ketones is 1. The predicted octanol–water partition coefficient (Wildman–Crippen LogP) is 4.72. The van der Waals surface area contributed by atoms with E-state index in [-0.39, 0.29) is 0 Å². The molecule has 2 aliphatic heterocycles. The highest BCUT2D eigenvalue weighted by Gasteiger charge is 2.34. The topological polar surface area (TPSA) is 17.1 Å². The summed E-state index contributed by atoms with van der Waals surface area (Å²) in [5.41, 5.74) is 1.18. The van der Waals surface area contributed by atoms with Crippen LogP contribution in [0.5, 0.6) is 0 Å². The molecule has 2 unspecified atom stereocenters. The van der Waals surface area contributed by atoms with Gasteiger partial charge in [-0.2, -0.15) is 11.8 Å². The molecule has 106 valence electrons. The van der Waals surface area contributed by atoms with Crippen LogP contribution in [0.25, 0.3) is 6.08 Å². The van der Waals surface area contributed by atoms with Crippen molar-refractivity contribution in [3.63, 3.8) is 0 Å². The van der Waals surface area contributed by atoms with Gasteiger partial charge in [0.05, 0.1) is 0 Å². The molecular formula is C18H22OS. The van der Waals surface area contributed by atoms with Gasteiger partial charge in [0, 0.05) is 22.8 Å². The minimum Gasteiger partial charge on any atom is -0.299 e. The van der Waals surface area contributed by atoms with Gasteiger partial charge in [0.15, 0.2) is 0 Å². The van der Waals surface area contributed by atoms with Crippen LogP contribution < -0.4 is 0 Å². The second kappa shape index (κ2) is 6.62. The monoisotopic (exact) mass is 286 g/mol. The summed E-state index contributed by atoms with van der Waals surface area (Å²) < 4.78 is 0. The molecule has 1 aromatic rings. The smallest absolute Gasteiger partial charge is 0.139 e. The van der Waals surface area contributed by atoms with Gasteiger partial charge < -0.3 is 0 Å². The van der Waals surface area contributed by atoms with Crippen molar-refractivity contribution in [2.75, 3.05) is 0 Å². The molecule has 2 heterocycles. The Balaban J connectivity index is 1.53. The van der Waals surface area contributed by atoms with Crippen molar-refractivity contribution in [3.05, 3.63) is 42.0 Å². The predicted molar refractivity (Wildman–Crippen MR) is 86.8 cm³/mol. The molecule has 2 atom stereocenters. The SMILES string of the molecule is O=C(C/C=C/c1ccccc1)C1CC2CCCC(C1)S2. The van der Waals surface area contributed by atoms with Crippen LogP contribution in [0.15, 0.2) is 36.4 Å². The molecule has 0 aromatic heterocycles. The second-order valence-corrected chi connectivity index (χ2v) is 7.57. The third-order valence-electron chi connectivity index (χ3n) is 4.42. The number of Topliss-reactive ketones (excluding diaryl/α,β-unsaturated/α-hetero) is 1. The van der Waals surface area contributed by atoms with E-state index in [0.717, 1.165) is 23.3 Å². The Kier molecular flexibility index (Phi) is 4.62. The van der Waals surface area contributed by atoms with E-state index >= 15 is 0 Å². The molecule has 2 saturated heterocycles. The fourth-order valence-corrected chi connectivity index (χ4v) is 5.20. The molecule has 2 aliphatic rings. The van der Waals surface area contributed by atoms with E-state index in [4.69, 9.17) is 0 Å². The lowest BCUT2D eigenvalue weighted by Gasteiger charge is -2.37. The van der Waals surface area contributed by atoms with E-state index in [1.165, 1.54) is 24.8 Å². The number of thioether (sulfide) groups is 1. The van der Waals surface area contributed by atoms with E-state index in [1.807, 2.05) is 24.3 Å². The van der Waals surface area contributed by atoms with Crippen molar-refractivity contribution in [2.45, 2.75) is 49.0 Å². The van der Waals surface area contributed by atoms with E-state index in [1.54, 1.807) is 0 Å². The third-order valence-corrected chi connectivity index (χ3v) is 6.04. The molecule has 2 bridgehead atoms. The zero-order chi connectivity index (χ0) is 13.8. The maximum absolute atomic E-state index is 12.4. The van der Waals surface area contributed by atoms with Crippen LogP contribution in [0, 0.1) is 5.92 Å². The molecule has 20 heavy (non-hydrogen) atoms. The fraction of sp³-hybridized carbons (Fsp3) is 0.500. The van der Waals surface area contributed by atoms with Gasteiger partial charge in [-0.1, -0.05) is 48.9 Å². The minimum absolute atomic E-state index is 0.326. The molecule has 0 aliphatic carbocycles. The van der Waals surface area contributed by atoms with E-state index in [9.17, 15) is 4.79 Å². The van der Waals surface area contributed by atoms with Crippen LogP contribution in [0.1, 0.15) is 44.1 Å². The molecule has 1 aromatic carbocycles. The lowest BCUT2D eigenvalue weighted by atomic mass is 9.85. The summed E-state index contributed by atoms with van der Waals surface area (Å²) in [4.78, 5) is 12.4. The van der Waals surface area contributed by atoms with Crippen molar-refractivity contribution in [3.8, 4) is 0 Å². The molecule has 2 heteroatoms. The summed E-state index contributed by atoms with van der Waals surface area (Å²) in [5.74, 6) is 0.779.